The third-order valence-corrected chi connectivity index (χ3v) is 10.2. The quantitative estimate of drug-likeness (QED) is 0.581. The molecule has 112 valence electrons. The summed E-state index contributed by atoms with van der Waals surface area (Å²) < 4.78 is 2.94. The number of allylic oxidation sites excluding steroid dienone is 8. The van der Waals surface area contributed by atoms with E-state index in [1.165, 1.54) is 32.1 Å². The predicted octanol–water partition coefficient (Wildman–Crippen LogP) is -1.11. The maximum Gasteiger partial charge on any atom is -1.00 e. The Bertz CT molecular complexity index is 478. The third kappa shape index (κ3) is 3.09. The normalized spacial score (nSPS) is 38.7. The van der Waals surface area contributed by atoms with E-state index in [1.54, 1.807) is 0 Å². The maximum atomic E-state index is 2.57. The molecular formula is C18H22F2Zr. The summed E-state index contributed by atoms with van der Waals surface area (Å²) in [6.07, 6.45) is 24.2. The van der Waals surface area contributed by atoms with Gasteiger partial charge >= 0.3 is 128 Å². The Morgan fingerprint density at radius 3 is 2.29 bits per heavy atom. The van der Waals surface area contributed by atoms with Crippen LogP contribution in [0.5, 0.6) is 0 Å². The zero-order valence-corrected chi connectivity index (χ0v) is 14.7. The number of hydrogen-bond acceptors (Lipinski definition) is 0. The van der Waals surface area contributed by atoms with Crippen LogP contribution < -0.4 is 9.41 Å². The minimum atomic E-state index is -0.369. The van der Waals surface area contributed by atoms with Crippen molar-refractivity contribution in [2.24, 2.45) is 23.7 Å². The maximum absolute atomic E-state index is 2.57. The summed E-state index contributed by atoms with van der Waals surface area (Å²) in [6.45, 7) is 0. The Kier molecular flexibility index (Phi) is 5.94. The molecule has 0 aromatic rings. The topological polar surface area (TPSA) is 0 Å². The van der Waals surface area contributed by atoms with Crippen LogP contribution in [0.4, 0.5) is 0 Å². The van der Waals surface area contributed by atoms with Crippen LogP contribution in [-0.2, 0) is 23.2 Å². The predicted molar refractivity (Wildman–Crippen MR) is 76.3 cm³/mol. The molecule has 3 heteroatoms. The van der Waals surface area contributed by atoms with Crippen LogP contribution in [-0.4, -0.2) is 0 Å². The smallest absolute Gasteiger partial charge is 1.00 e. The zero-order valence-electron chi connectivity index (χ0n) is 12.2. The zero-order chi connectivity index (χ0) is 12.7. The molecule has 2 saturated carbocycles. The molecule has 0 radical (unpaired) electrons. The Hall–Kier alpha value is -0.297. The molecule has 0 aliphatic heterocycles. The van der Waals surface area contributed by atoms with E-state index in [9.17, 15) is 0 Å². The van der Waals surface area contributed by atoms with Crippen molar-refractivity contribution in [2.75, 3.05) is 0 Å². The fourth-order valence-corrected chi connectivity index (χ4v) is 9.74. The van der Waals surface area contributed by atoms with E-state index in [1.807, 2.05) is 3.28 Å². The van der Waals surface area contributed by atoms with Crippen LogP contribution in [0.1, 0.15) is 32.1 Å². The minimum absolute atomic E-state index is 0. The molecule has 0 spiro atoms. The van der Waals surface area contributed by atoms with Gasteiger partial charge in [-0.2, -0.15) is 0 Å². The van der Waals surface area contributed by atoms with Gasteiger partial charge in [0.25, 0.3) is 0 Å². The van der Waals surface area contributed by atoms with Gasteiger partial charge in [-0.25, -0.2) is 0 Å². The van der Waals surface area contributed by atoms with Crippen LogP contribution in [0.2, 0.25) is 3.63 Å². The standard InChI is InChI=1S/C13H17.C5H5.2FH.Zr/c1-3-7-12-10(5-1)9-11-6-2-4-8-13(11)12;1-2-4-5-3-1;;;/h1,3,5,7,9-13H,2,4,6,8H2;1-3H,4H2;2*1H;/q;;;;+2/p-2. The van der Waals surface area contributed by atoms with E-state index < -0.39 is 0 Å². The van der Waals surface area contributed by atoms with Gasteiger partial charge < -0.3 is 9.41 Å². The summed E-state index contributed by atoms with van der Waals surface area (Å²) in [4.78, 5) is 0. The molecule has 21 heavy (non-hydrogen) atoms. The van der Waals surface area contributed by atoms with Crippen molar-refractivity contribution in [1.29, 1.82) is 0 Å². The molecule has 0 bridgehead atoms. The number of hydrogen-bond donors (Lipinski definition) is 0. The fraction of sp³-hybridized carbons (Fsp3) is 0.556. The van der Waals surface area contributed by atoms with Crippen molar-refractivity contribution < 1.29 is 32.6 Å². The van der Waals surface area contributed by atoms with Crippen LogP contribution in [0.3, 0.4) is 0 Å². The van der Waals surface area contributed by atoms with Crippen molar-refractivity contribution >= 4 is 0 Å². The molecule has 0 N–H and O–H groups in total. The van der Waals surface area contributed by atoms with Crippen molar-refractivity contribution in [3.05, 3.63) is 45.8 Å². The molecule has 0 aromatic carbocycles. The van der Waals surface area contributed by atoms with Gasteiger partial charge in [0.05, 0.1) is 0 Å². The largest absolute Gasteiger partial charge is 1.00 e. The minimum Gasteiger partial charge on any atom is -1.00 e. The van der Waals surface area contributed by atoms with Crippen LogP contribution in [0.15, 0.2) is 45.8 Å². The molecular weight excluding hydrogens is 345 g/mol. The molecule has 0 heterocycles. The Labute approximate surface area is 137 Å². The van der Waals surface area contributed by atoms with Gasteiger partial charge in [-0.15, -0.1) is 0 Å². The third-order valence-electron chi connectivity index (χ3n) is 5.59. The molecule has 4 aliphatic rings. The van der Waals surface area contributed by atoms with E-state index in [4.69, 9.17) is 0 Å². The van der Waals surface area contributed by atoms with Crippen molar-refractivity contribution in [3.63, 3.8) is 0 Å². The van der Waals surface area contributed by atoms with Crippen molar-refractivity contribution in [2.45, 2.75) is 35.7 Å². The van der Waals surface area contributed by atoms with Crippen LogP contribution in [0, 0.1) is 23.7 Å². The molecule has 4 rings (SSSR count). The van der Waals surface area contributed by atoms with Gasteiger partial charge in [-0.05, 0) is 0 Å². The molecule has 0 amide bonds. The molecule has 5 atom stereocenters. The van der Waals surface area contributed by atoms with Gasteiger partial charge in [-0.1, -0.05) is 0 Å². The second-order valence-corrected chi connectivity index (χ2v) is 10.5. The van der Waals surface area contributed by atoms with Gasteiger partial charge in [0.2, 0.25) is 0 Å². The van der Waals surface area contributed by atoms with Crippen LogP contribution >= 0.6 is 0 Å². The van der Waals surface area contributed by atoms with E-state index in [0.717, 1.165) is 27.3 Å². The fourth-order valence-electron chi connectivity index (χ4n) is 4.80. The van der Waals surface area contributed by atoms with Crippen LogP contribution in [0.25, 0.3) is 0 Å². The van der Waals surface area contributed by atoms with Gasteiger partial charge in [0.1, 0.15) is 0 Å². The monoisotopic (exact) mass is 366 g/mol. The Morgan fingerprint density at radius 1 is 0.857 bits per heavy atom. The second-order valence-electron chi connectivity index (χ2n) is 6.53. The second kappa shape index (κ2) is 7.31. The summed E-state index contributed by atoms with van der Waals surface area (Å²) in [5.74, 6) is 3.91. The Morgan fingerprint density at radius 2 is 1.57 bits per heavy atom. The average molecular weight is 368 g/mol. The molecule has 0 saturated heterocycles. The summed E-state index contributed by atoms with van der Waals surface area (Å²) >= 11 is -0.369. The first kappa shape index (κ1) is 17.1. The molecule has 4 aliphatic carbocycles. The molecule has 5 unspecified atom stereocenters. The van der Waals surface area contributed by atoms with E-state index >= 15 is 0 Å². The number of fused-ring (bicyclic) bond motifs is 3. The first-order chi connectivity index (χ1) is 9.43. The number of halogens is 2. The first-order valence-corrected chi connectivity index (χ1v) is 10.6. The first-order valence-electron chi connectivity index (χ1n) is 7.91. The van der Waals surface area contributed by atoms with Crippen molar-refractivity contribution in [1.82, 2.24) is 0 Å². The summed E-state index contributed by atoms with van der Waals surface area (Å²) in [5, 5.41) is 0. The molecule has 0 aromatic heterocycles. The van der Waals surface area contributed by atoms with E-state index in [0.29, 0.717) is 0 Å². The van der Waals surface area contributed by atoms with E-state index in [2.05, 4.69) is 42.5 Å². The van der Waals surface area contributed by atoms with E-state index in [-0.39, 0.29) is 32.6 Å². The average Bonchev–Trinajstić information content (AvgIpc) is 3.08. The summed E-state index contributed by atoms with van der Waals surface area (Å²) in [5.41, 5.74) is 0. The summed E-state index contributed by atoms with van der Waals surface area (Å²) in [7, 11) is 0. The van der Waals surface area contributed by atoms with Gasteiger partial charge in [0.15, 0.2) is 0 Å². The SMILES string of the molecule is C1=CC[C]([Zr+2][CH]2C3C=CC=CC3C3CCCCC32)=C1.[F-].[F-]. The summed E-state index contributed by atoms with van der Waals surface area (Å²) in [6, 6.07) is 0. The van der Waals surface area contributed by atoms with Crippen molar-refractivity contribution in [3.8, 4) is 0 Å². The number of rotatable bonds is 2. The van der Waals surface area contributed by atoms with Gasteiger partial charge in [-0.3, -0.25) is 0 Å². The Balaban J connectivity index is 0.000000807. The molecule has 0 nitrogen and oxygen atoms in total. The molecule has 2 fully saturated rings. The van der Waals surface area contributed by atoms with Gasteiger partial charge in [0, 0.05) is 0 Å².